The zero-order valence-electron chi connectivity index (χ0n) is 20.0. The Morgan fingerprint density at radius 3 is 2.51 bits per heavy atom. The number of carbonyl (C=O) groups is 1. The minimum absolute atomic E-state index is 0.0781. The van der Waals surface area contributed by atoms with Crippen molar-refractivity contribution in [2.45, 2.75) is 56.7 Å². The summed E-state index contributed by atoms with van der Waals surface area (Å²) in [7, 11) is 0. The summed E-state index contributed by atoms with van der Waals surface area (Å²) in [4.78, 5) is 15.0. The van der Waals surface area contributed by atoms with Crippen molar-refractivity contribution in [1.82, 2.24) is 20.4 Å². The van der Waals surface area contributed by atoms with Crippen molar-refractivity contribution in [2.75, 3.05) is 13.1 Å². The van der Waals surface area contributed by atoms with E-state index < -0.39 is 6.10 Å². The zero-order chi connectivity index (χ0) is 23.9. The molecule has 0 spiro atoms. The third-order valence-electron chi connectivity index (χ3n) is 8.03. The lowest BCUT2D eigenvalue weighted by atomic mass is 10.0. The van der Waals surface area contributed by atoms with Crippen molar-refractivity contribution in [3.8, 4) is 0 Å². The van der Waals surface area contributed by atoms with E-state index in [4.69, 9.17) is 4.42 Å². The van der Waals surface area contributed by atoms with E-state index in [2.05, 4.69) is 27.6 Å². The predicted molar refractivity (Wildman–Crippen MR) is 131 cm³/mol. The number of aromatic nitrogens is 2. The summed E-state index contributed by atoms with van der Waals surface area (Å²) < 4.78 is 5.74. The van der Waals surface area contributed by atoms with Crippen LogP contribution in [0.3, 0.4) is 0 Å². The number of amides is 1. The van der Waals surface area contributed by atoms with Crippen LogP contribution < -0.4 is 5.32 Å². The molecule has 0 radical (unpaired) electrons. The first-order valence-corrected chi connectivity index (χ1v) is 12.8. The normalized spacial score (nSPS) is 28.2. The van der Waals surface area contributed by atoms with Crippen molar-refractivity contribution in [1.29, 1.82) is 0 Å². The smallest absolute Gasteiger partial charge is 0.253 e. The molecule has 3 fully saturated rings. The molecule has 2 N–H and O–H groups in total. The third kappa shape index (κ3) is 4.39. The molecule has 1 unspecified atom stereocenters. The topological polar surface area (TPSA) is 91.5 Å². The second kappa shape index (κ2) is 9.21. The number of hydrogen-bond donors (Lipinski definition) is 2. The fraction of sp³-hybridized carbons (Fsp3) is 0.464. The highest BCUT2D eigenvalue weighted by Crippen LogP contribution is 2.57. The van der Waals surface area contributed by atoms with Crippen LogP contribution in [0, 0.1) is 11.8 Å². The molecule has 2 saturated heterocycles. The molecule has 7 nitrogen and oxygen atoms in total. The minimum atomic E-state index is -0.485. The van der Waals surface area contributed by atoms with E-state index in [0.717, 1.165) is 55.8 Å². The molecule has 35 heavy (non-hydrogen) atoms. The molecule has 1 saturated carbocycles. The number of likely N-dealkylation sites (tertiary alicyclic amines) is 1. The van der Waals surface area contributed by atoms with Crippen molar-refractivity contribution in [2.24, 2.45) is 11.8 Å². The molecule has 1 aromatic heterocycles. The summed E-state index contributed by atoms with van der Waals surface area (Å²) in [6.07, 6.45) is 3.15. The molecular formula is C28H32N4O3. The van der Waals surface area contributed by atoms with Crippen LogP contribution in [-0.4, -0.2) is 51.3 Å². The van der Waals surface area contributed by atoms with E-state index in [0.29, 0.717) is 29.7 Å². The molecule has 2 aliphatic heterocycles. The van der Waals surface area contributed by atoms with Crippen LogP contribution in [0.25, 0.3) is 0 Å². The van der Waals surface area contributed by atoms with Crippen LogP contribution in [0.4, 0.5) is 0 Å². The van der Waals surface area contributed by atoms with Gasteiger partial charge >= 0.3 is 0 Å². The van der Waals surface area contributed by atoms with E-state index in [1.54, 1.807) is 0 Å². The number of rotatable bonds is 7. The number of aliphatic hydroxyl groups excluding tert-OH is 1. The largest absolute Gasteiger partial charge is 0.425 e. The Morgan fingerprint density at radius 2 is 1.83 bits per heavy atom. The van der Waals surface area contributed by atoms with E-state index in [9.17, 15) is 9.90 Å². The number of fused-ring (bicyclic) bond motifs is 1. The Morgan fingerprint density at radius 1 is 1.09 bits per heavy atom. The Bertz CT molecular complexity index is 1170. The summed E-state index contributed by atoms with van der Waals surface area (Å²) in [5.74, 6) is 2.73. The van der Waals surface area contributed by atoms with Gasteiger partial charge in [0.2, 0.25) is 11.8 Å². The molecule has 6 atom stereocenters. The molecule has 3 aliphatic rings. The summed E-state index contributed by atoms with van der Waals surface area (Å²) in [5.41, 5.74) is 2.91. The van der Waals surface area contributed by atoms with Crippen molar-refractivity contribution in [3.63, 3.8) is 0 Å². The van der Waals surface area contributed by atoms with E-state index in [-0.39, 0.29) is 11.9 Å². The van der Waals surface area contributed by atoms with Crippen molar-refractivity contribution >= 4 is 5.91 Å². The van der Waals surface area contributed by atoms with Gasteiger partial charge in [0.25, 0.3) is 5.91 Å². The van der Waals surface area contributed by atoms with Gasteiger partial charge in [-0.25, -0.2) is 0 Å². The Balaban J connectivity index is 1.01. The number of aliphatic hydroxyl groups is 1. The van der Waals surface area contributed by atoms with Gasteiger partial charge in [-0.3, -0.25) is 4.79 Å². The zero-order valence-corrected chi connectivity index (χ0v) is 20.0. The molecule has 1 aliphatic carbocycles. The first kappa shape index (κ1) is 22.4. The van der Waals surface area contributed by atoms with Gasteiger partial charge in [-0.05, 0) is 54.4 Å². The molecule has 7 heteroatoms. The first-order chi connectivity index (χ1) is 17.1. The number of benzene rings is 2. The van der Waals surface area contributed by atoms with Gasteiger partial charge in [0, 0.05) is 43.1 Å². The second-order valence-electron chi connectivity index (χ2n) is 10.3. The number of carbonyl (C=O) groups excluding carboxylic acids is 1. The van der Waals surface area contributed by atoms with Crippen LogP contribution >= 0.6 is 0 Å². The van der Waals surface area contributed by atoms with E-state index in [1.165, 1.54) is 5.56 Å². The van der Waals surface area contributed by atoms with Crippen molar-refractivity contribution < 1.29 is 14.3 Å². The minimum Gasteiger partial charge on any atom is -0.425 e. The van der Waals surface area contributed by atoms with Crippen LogP contribution in [0.2, 0.25) is 0 Å². The van der Waals surface area contributed by atoms with Gasteiger partial charge in [0.1, 0.15) is 0 Å². The highest BCUT2D eigenvalue weighted by Gasteiger charge is 2.59. The van der Waals surface area contributed by atoms with Crippen LogP contribution in [-0.2, 0) is 12.8 Å². The maximum atomic E-state index is 13.0. The summed E-state index contributed by atoms with van der Waals surface area (Å²) in [6, 6.07) is 18.3. The molecule has 2 aromatic carbocycles. The fourth-order valence-electron chi connectivity index (χ4n) is 6.00. The van der Waals surface area contributed by atoms with E-state index >= 15 is 0 Å². The summed E-state index contributed by atoms with van der Waals surface area (Å²) >= 11 is 0. The number of aryl methyl sites for hydroxylation is 1. The third-order valence-corrected chi connectivity index (χ3v) is 8.03. The lowest BCUT2D eigenvalue weighted by Gasteiger charge is -2.21. The maximum Gasteiger partial charge on any atom is 0.253 e. The molecule has 1 amide bonds. The predicted octanol–water partition coefficient (Wildman–Crippen LogP) is 3.51. The fourth-order valence-corrected chi connectivity index (χ4v) is 6.00. The van der Waals surface area contributed by atoms with Gasteiger partial charge in [-0.15, -0.1) is 10.2 Å². The Kier molecular flexibility index (Phi) is 5.90. The molecule has 0 bridgehead atoms. The monoisotopic (exact) mass is 472 g/mol. The number of nitrogens with zero attached hydrogens (tertiary/aromatic N) is 3. The lowest BCUT2D eigenvalue weighted by Crippen LogP contribution is -2.35. The average Bonchev–Trinajstić information content (AvgIpc) is 3.37. The molecule has 3 heterocycles. The van der Waals surface area contributed by atoms with Crippen LogP contribution in [0.5, 0.6) is 0 Å². The SMILES string of the molecule is CCc1nnc(C2[C@H]3CN(C(=O)c4ccc(C[C@@H]5CC[C@H]([C@H](O)c6ccccc6)N5)cc4)C[C@@H]23)o1. The van der Waals surface area contributed by atoms with Crippen LogP contribution in [0.15, 0.2) is 59.0 Å². The first-order valence-electron chi connectivity index (χ1n) is 12.8. The summed E-state index contributed by atoms with van der Waals surface area (Å²) in [6.45, 7) is 3.53. The molecular weight excluding hydrogens is 440 g/mol. The van der Waals surface area contributed by atoms with Gasteiger partial charge < -0.3 is 19.7 Å². The maximum absolute atomic E-state index is 13.0. The Labute approximate surface area is 205 Å². The quantitative estimate of drug-likeness (QED) is 0.547. The van der Waals surface area contributed by atoms with Gasteiger partial charge in [0.05, 0.1) is 6.10 Å². The average molecular weight is 473 g/mol. The molecule has 6 rings (SSSR count). The van der Waals surface area contributed by atoms with Crippen LogP contribution in [0.1, 0.15) is 65.1 Å². The number of hydrogen-bond acceptors (Lipinski definition) is 6. The lowest BCUT2D eigenvalue weighted by molar-refractivity contribution is 0.0771. The van der Waals surface area contributed by atoms with Gasteiger partial charge in [-0.1, -0.05) is 49.4 Å². The van der Waals surface area contributed by atoms with Crippen molar-refractivity contribution in [3.05, 3.63) is 83.1 Å². The highest BCUT2D eigenvalue weighted by atomic mass is 16.4. The summed E-state index contributed by atoms with van der Waals surface area (Å²) in [5, 5.41) is 22.6. The second-order valence-corrected chi connectivity index (χ2v) is 10.3. The standard InChI is InChI=1S/C28H32N4O3/c1-2-24-30-31-27(35-24)25-21-15-32(16-22(21)25)28(34)19-10-8-17(9-11-19)14-20-12-13-23(29-20)26(33)18-6-4-3-5-7-18/h3-11,20-23,25-26,29,33H,2,12-16H2,1H3/t20-,21-,22+,23+,25?,26+/m0/s1. The van der Waals surface area contributed by atoms with E-state index in [1.807, 2.05) is 54.3 Å². The number of nitrogens with one attached hydrogen (secondary N) is 1. The Hall–Kier alpha value is -3.03. The van der Waals surface area contributed by atoms with Gasteiger partial charge in [0.15, 0.2) is 0 Å². The highest BCUT2D eigenvalue weighted by molar-refractivity contribution is 5.94. The molecule has 182 valence electrons. The molecule has 3 aromatic rings. The van der Waals surface area contributed by atoms with Gasteiger partial charge in [-0.2, -0.15) is 0 Å². The number of piperidine rings is 1.